The maximum absolute atomic E-state index is 14.0. The summed E-state index contributed by atoms with van der Waals surface area (Å²) in [6.07, 6.45) is -1.08. The van der Waals surface area contributed by atoms with Gasteiger partial charge in [0, 0.05) is 50.0 Å². The minimum absolute atomic E-state index is 0.0355. The maximum Gasteiger partial charge on any atom is 0.416 e. The first-order valence-corrected chi connectivity index (χ1v) is 13.1. The van der Waals surface area contributed by atoms with Crippen LogP contribution in [0.4, 0.5) is 18.9 Å². The topological polar surface area (TPSA) is 67.2 Å². The highest BCUT2D eigenvalue weighted by atomic mass is 32.1. The smallest absolute Gasteiger partial charge is 0.369 e. The summed E-state index contributed by atoms with van der Waals surface area (Å²) in [5.74, 6) is -0.371. The Hall–Kier alpha value is -3.57. The highest BCUT2D eigenvalue weighted by molar-refractivity contribution is 7.13. The third kappa shape index (κ3) is 5.34. The molecule has 0 radical (unpaired) electrons. The van der Waals surface area contributed by atoms with Gasteiger partial charge in [0.25, 0.3) is 0 Å². The second-order valence-electron chi connectivity index (χ2n) is 9.59. The Bertz CT molecular complexity index is 1460. The lowest BCUT2D eigenvalue weighted by Crippen LogP contribution is -2.45. The number of halogens is 3. The van der Waals surface area contributed by atoms with Crippen molar-refractivity contribution >= 4 is 22.8 Å². The third-order valence-corrected chi connectivity index (χ3v) is 7.71. The van der Waals surface area contributed by atoms with Gasteiger partial charge in [-0.25, -0.2) is 4.68 Å². The molecule has 0 unspecified atom stereocenters. The van der Waals surface area contributed by atoms with Crippen LogP contribution in [0.1, 0.15) is 32.6 Å². The van der Waals surface area contributed by atoms with Crippen molar-refractivity contribution in [3.8, 4) is 16.3 Å². The fourth-order valence-electron chi connectivity index (χ4n) is 4.67. The molecule has 1 fully saturated rings. The number of anilines is 1. The van der Waals surface area contributed by atoms with Crippen molar-refractivity contribution < 1.29 is 18.0 Å². The highest BCUT2D eigenvalue weighted by Crippen LogP contribution is 2.37. The number of piperazine rings is 1. The zero-order valence-electron chi connectivity index (χ0n) is 21.3. The predicted molar refractivity (Wildman–Crippen MR) is 141 cm³/mol. The number of aryl methyl sites for hydroxylation is 1. The molecule has 0 saturated carbocycles. The van der Waals surface area contributed by atoms with E-state index in [4.69, 9.17) is 0 Å². The molecular weight excluding hydrogens is 513 g/mol. The maximum atomic E-state index is 14.0. The van der Waals surface area contributed by atoms with Gasteiger partial charge in [0.15, 0.2) is 5.78 Å². The summed E-state index contributed by atoms with van der Waals surface area (Å²) in [4.78, 5) is 22.4. The van der Waals surface area contributed by atoms with Crippen molar-refractivity contribution in [2.24, 2.45) is 0 Å². The van der Waals surface area contributed by atoms with Gasteiger partial charge in [-0.05, 0) is 55.8 Å². The zero-order chi connectivity index (χ0) is 27.0. The molecule has 5 rings (SSSR count). The normalized spacial score (nSPS) is 14.7. The molecule has 38 heavy (non-hydrogen) atoms. The van der Waals surface area contributed by atoms with E-state index in [0.717, 1.165) is 35.3 Å². The van der Waals surface area contributed by atoms with Crippen LogP contribution in [0.15, 0.2) is 48.2 Å². The molecule has 0 bridgehead atoms. The van der Waals surface area contributed by atoms with Gasteiger partial charge in [-0.15, -0.1) is 16.4 Å². The fraction of sp³-hybridized carbons (Fsp3) is 0.333. The molecule has 0 amide bonds. The Morgan fingerprint density at radius 3 is 2.50 bits per heavy atom. The summed E-state index contributed by atoms with van der Waals surface area (Å²) >= 11 is 1.46. The average molecular weight is 541 g/mol. The molecule has 0 N–H and O–H groups in total. The van der Waals surface area contributed by atoms with Gasteiger partial charge in [-0.3, -0.25) is 9.78 Å². The molecule has 1 saturated heterocycles. The number of ketones is 1. The Labute approximate surface area is 222 Å². The van der Waals surface area contributed by atoms with E-state index < -0.39 is 11.7 Å². The summed E-state index contributed by atoms with van der Waals surface area (Å²) in [5.41, 5.74) is 4.68. The summed E-state index contributed by atoms with van der Waals surface area (Å²) in [6, 6.07) is 8.13. The molecule has 1 aliphatic heterocycles. The first kappa shape index (κ1) is 26.1. The van der Waals surface area contributed by atoms with E-state index in [2.05, 4.69) is 20.2 Å². The number of hydrogen-bond acceptors (Lipinski definition) is 7. The van der Waals surface area contributed by atoms with E-state index in [1.165, 1.54) is 18.3 Å². The first-order valence-electron chi connectivity index (χ1n) is 12.2. The molecule has 0 aliphatic carbocycles. The van der Waals surface area contributed by atoms with Gasteiger partial charge in [-0.2, -0.15) is 13.2 Å². The Morgan fingerprint density at radius 2 is 1.82 bits per heavy atom. The van der Waals surface area contributed by atoms with Crippen molar-refractivity contribution in [1.82, 2.24) is 24.9 Å². The van der Waals surface area contributed by atoms with Crippen LogP contribution in [0.3, 0.4) is 0 Å². The lowest BCUT2D eigenvalue weighted by atomic mass is 9.95. The highest BCUT2D eigenvalue weighted by Gasteiger charge is 2.35. The number of likely N-dealkylation sites (N-methyl/N-ethyl adjacent to an activating group) is 1. The number of Topliss-reactive ketones (excluding diaryl/α,β-unsaturated/α-hetero) is 1. The molecule has 198 valence electrons. The fourth-order valence-corrected chi connectivity index (χ4v) is 5.24. The van der Waals surface area contributed by atoms with Gasteiger partial charge in [0.1, 0.15) is 5.69 Å². The SMILES string of the molecule is Cc1ccc(CC(=O)c2cc(N3CCN(C)CC3)c(C)c(C(F)(F)F)c2)cc1-n1cc(-c2cncs2)nn1. The summed E-state index contributed by atoms with van der Waals surface area (Å²) < 4.78 is 43.5. The third-order valence-electron chi connectivity index (χ3n) is 6.91. The van der Waals surface area contributed by atoms with Crippen molar-refractivity contribution in [2.75, 3.05) is 38.1 Å². The zero-order valence-corrected chi connectivity index (χ0v) is 22.1. The Balaban J connectivity index is 1.44. The standard InChI is InChI=1S/C27H27F3N6OS/c1-17-4-5-19(10-23(17)36-15-22(32-33-36)26-14-31-16-38-26)11-25(37)20-12-21(27(28,29)30)18(2)24(13-20)35-8-6-34(3)7-9-35/h4-5,10,12-16H,6-9,11H2,1-3H3. The molecule has 0 atom stereocenters. The van der Waals surface area contributed by atoms with Crippen LogP contribution in [0, 0.1) is 13.8 Å². The second-order valence-corrected chi connectivity index (χ2v) is 10.5. The van der Waals surface area contributed by atoms with Gasteiger partial charge in [-0.1, -0.05) is 17.3 Å². The van der Waals surface area contributed by atoms with Gasteiger partial charge in [0.2, 0.25) is 0 Å². The van der Waals surface area contributed by atoms with E-state index in [1.807, 2.05) is 37.1 Å². The number of rotatable bonds is 6. The number of nitrogens with zero attached hydrogens (tertiary/aromatic N) is 6. The van der Waals surface area contributed by atoms with Crippen molar-refractivity contribution in [3.63, 3.8) is 0 Å². The van der Waals surface area contributed by atoms with E-state index in [9.17, 15) is 18.0 Å². The number of thiazole rings is 1. The van der Waals surface area contributed by atoms with Crippen LogP contribution in [-0.2, 0) is 12.6 Å². The van der Waals surface area contributed by atoms with Gasteiger partial charge < -0.3 is 9.80 Å². The van der Waals surface area contributed by atoms with E-state index >= 15 is 0 Å². The minimum atomic E-state index is -4.55. The summed E-state index contributed by atoms with van der Waals surface area (Å²) in [6.45, 7) is 6.11. The molecule has 11 heteroatoms. The predicted octanol–water partition coefficient (Wildman–Crippen LogP) is 5.20. The van der Waals surface area contributed by atoms with Crippen LogP contribution >= 0.6 is 11.3 Å². The van der Waals surface area contributed by atoms with E-state index in [0.29, 0.717) is 30.0 Å². The molecule has 7 nitrogen and oxygen atoms in total. The molecule has 4 aromatic rings. The molecular formula is C27H27F3N6OS. The number of carbonyl (C=O) groups is 1. The number of benzene rings is 2. The first-order chi connectivity index (χ1) is 18.1. The number of carbonyl (C=O) groups excluding carboxylic acids is 1. The molecule has 1 aliphatic rings. The molecule has 2 aromatic carbocycles. The van der Waals surface area contributed by atoms with Gasteiger partial charge >= 0.3 is 6.18 Å². The molecule has 0 spiro atoms. The van der Waals surface area contributed by atoms with Crippen molar-refractivity contribution in [3.05, 3.63) is 76.1 Å². The largest absolute Gasteiger partial charge is 0.416 e. The summed E-state index contributed by atoms with van der Waals surface area (Å²) in [5, 5.41) is 8.44. The van der Waals surface area contributed by atoms with Crippen LogP contribution in [0.5, 0.6) is 0 Å². The van der Waals surface area contributed by atoms with Crippen molar-refractivity contribution in [2.45, 2.75) is 26.4 Å². The summed E-state index contributed by atoms with van der Waals surface area (Å²) in [7, 11) is 1.99. The Morgan fingerprint density at radius 1 is 1.05 bits per heavy atom. The second kappa shape index (κ2) is 10.3. The van der Waals surface area contributed by atoms with Gasteiger partial charge in [0.05, 0.1) is 27.8 Å². The van der Waals surface area contributed by atoms with E-state index in [-0.39, 0.29) is 23.3 Å². The lowest BCUT2D eigenvalue weighted by molar-refractivity contribution is -0.138. The van der Waals surface area contributed by atoms with Crippen LogP contribution in [0.25, 0.3) is 16.3 Å². The number of alkyl halides is 3. The number of hydrogen-bond donors (Lipinski definition) is 0. The quantitative estimate of drug-likeness (QED) is 0.313. The van der Waals surface area contributed by atoms with Crippen LogP contribution in [0.2, 0.25) is 0 Å². The Kier molecular flexibility index (Phi) is 7.06. The lowest BCUT2D eigenvalue weighted by Gasteiger charge is -2.35. The number of aromatic nitrogens is 4. The van der Waals surface area contributed by atoms with Crippen LogP contribution < -0.4 is 4.90 Å². The minimum Gasteiger partial charge on any atom is -0.369 e. The van der Waals surface area contributed by atoms with Crippen molar-refractivity contribution in [1.29, 1.82) is 0 Å². The molecule has 2 aromatic heterocycles. The molecule has 3 heterocycles. The average Bonchev–Trinajstić information content (AvgIpc) is 3.58. The van der Waals surface area contributed by atoms with Crippen LogP contribution in [-0.4, -0.2) is 63.9 Å². The van der Waals surface area contributed by atoms with E-state index in [1.54, 1.807) is 28.7 Å². The monoisotopic (exact) mass is 540 g/mol.